The number of nitrogens with zero attached hydrogens (tertiary/aromatic N) is 2. The predicted molar refractivity (Wildman–Crippen MR) is 78.8 cm³/mol. The van der Waals surface area contributed by atoms with Gasteiger partial charge in [-0.15, -0.1) is 0 Å². The number of nitrogen functional groups attached to an aromatic ring is 1. The fraction of sp³-hybridized carbons (Fsp3) is 0.0769. The topological polar surface area (TPSA) is 114 Å². The molecule has 0 unspecified atom stereocenters. The van der Waals surface area contributed by atoms with Gasteiger partial charge in [-0.25, -0.2) is 18.1 Å². The van der Waals surface area contributed by atoms with Crippen molar-refractivity contribution in [3.05, 3.63) is 48.7 Å². The molecule has 0 saturated heterocycles. The molecule has 0 radical (unpaired) electrons. The third-order valence-corrected chi connectivity index (χ3v) is 4.50. The van der Waals surface area contributed by atoms with Crippen LogP contribution in [0.3, 0.4) is 0 Å². The van der Waals surface area contributed by atoms with Crippen LogP contribution in [0.2, 0.25) is 0 Å². The van der Waals surface area contributed by atoms with E-state index in [9.17, 15) is 8.42 Å². The van der Waals surface area contributed by atoms with E-state index >= 15 is 0 Å². The monoisotopic (exact) mass is 303 g/mol. The van der Waals surface area contributed by atoms with E-state index in [2.05, 4.69) is 19.7 Å². The van der Waals surface area contributed by atoms with Crippen molar-refractivity contribution >= 4 is 26.6 Å². The van der Waals surface area contributed by atoms with E-state index in [0.29, 0.717) is 22.3 Å². The number of pyridine rings is 1. The summed E-state index contributed by atoms with van der Waals surface area (Å²) in [7, 11) is -3.70. The van der Waals surface area contributed by atoms with Crippen LogP contribution < -0.4 is 10.5 Å². The highest BCUT2D eigenvalue weighted by molar-refractivity contribution is 7.89. The van der Waals surface area contributed by atoms with Crippen LogP contribution in [0.4, 0.5) is 5.69 Å². The number of fused-ring (bicyclic) bond motifs is 1. The molecule has 0 aliphatic rings. The van der Waals surface area contributed by atoms with Crippen LogP contribution in [-0.4, -0.2) is 23.4 Å². The molecule has 4 N–H and O–H groups in total. The molecule has 0 bridgehead atoms. The number of anilines is 1. The molecule has 2 heterocycles. The molecule has 0 amide bonds. The van der Waals surface area contributed by atoms with Crippen molar-refractivity contribution in [3.8, 4) is 0 Å². The van der Waals surface area contributed by atoms with Crippen molar-refractivity contribution in [2.24, 2.45) is 0 Å². The zero-order valence-electron chi connectivity index (χ0n) is 10.9. The molecule has 108 valence electrons. The minimum absolute atomic E-state index is 0.104. The van der Waals surface area contributed by atoms with Crippen LogP contribution in [0.5, 0.6) is 0 Å². The normalized spacial score (nSPS) is 11.8. The Morgan fingerprint density at radius 1 is 1.29 bits per heavy atom. The van der Waals surface area contributed by atoms with Crippen LogP contribution in [0.1, 0.15) is 5.69 Å². The molecule has 0 aliphatic heterocycles. The van der Waals surface area contributed by atoms with Gasteiger partial charge < -0.3 is 10.7 Å². The Morgan fingerprint density at radius 3 is 2.90 bits per heavy atom. The van der Waals surface area contributed by atoms with Gasteiger partial charge in [0.2, 0.25) is 10.0 Å². The maximum Gasteiger partial charge on any atom is 0.243 e. The predicted octanol–water partition coefficient (Wildman–Crippen LogP) is 1.02. The Hall–Kier alpha value is -2.45. The molecule has 0 spiro atoms. The number of nitrogens with two attached hydrogens (primary N) is 1. The van der Waals surface area contributed by atoms with Gasteiger partial charge in [-0.2, -0.15) is 0 Å². The first-order valence-corrected chi connectivity index (χ1v) is 7.66. The summed E-state index contributed by atoms with van der Waals surface area (Å²) in [6, 6.07) is 6.48. The van der Waals surface area contributed by atoms with Gasteiger partial charge in [0.15, 0.2) is 0 Å². The molecule has 7 nitrogen and oxygen atoms in total. The van der Waals surface area contributed by atoms with Crippen molar-refractivity contribution in [2.75, 3.05) is 5.73 Å². The Balaban J connectivity index is 2.01. The average Bonchev–Trinajstić information content (AvgIpc) is 2.99. The van der Waals surface area contributed by atoms with Gasteiger partial charge in [-0.3, -0.25) is 4.98 Å². The molecule has 0 saturated carbocycles. The molecule has 8 heteroatoms. The first-order valence-electron chi connectivity index (χ1n) is 6.18. The second-order valence-electron chi connectivity index (χ2n) is 4.45. The Bertz CT molecular complexity index is 875. The number of hydrogen-bond donors (Lipinski definition) is 3. The minimum atomic E-state index is -3.70. The first-order chi connectivity index (χ1) is 10.1. The number of imidazole rings is 1. The van der Waals surface area contributed by atoms with E-state index in [1.54, 1.807) is 24.4 Å². The van der Waals surface area contributed by atoms with Gasteiger partial charge in [0.1, 0.15) is 4.90 Å². The second-order valence-corrected chi connectivity index (χ2v) is 6.19. The SMILES string of the molecule is Nc1ccc(S(=O)(=O)NCc2cnc[nH]2)c2ncccc12. The molecule has 2 aromatic heterocycles. The Labute approximate surface area is 121 Å². The van der Waals surface area contributed by atoms with Crippen LogP contribution in [0.15, 0.2) is 47.9 Å². The summed E-state index contributed by atoms with van der Waals surface area (Å²) in [5, 5.41) is 0.613. The van der Waals surface area contributed by atoms with Crippen molar-refractivity contribution in [3.63, 3.8) is 0 Å². The molecule has 3 aromatic rings. The van der Waals surface area contributed by atoms with Crippen LogP contribution >= 0.6 is 0 Å². The number of hydrogen-bond acceptors (Lipinski definition) is 5. The van der Waals surface area contributed by atoms with Crippen LogP contribution in [-0.2, 0) is 16.6 Å². The largest absolute Gasteiger partial charge is 0.398 e. The third kappa shape index (κ3) is 2.58. The van der Waals surface area contributed by atoms with Gasteiger partial charge in [0.25, 0.3) is 0 Å². The maximum absolute atomic E-state index is 12.4. The number of aromatic amines is 1. The number of aromatic nitrogens is 3. The van der Waals surface area contributed by atoms with Crippen LogP contribution in [0.25, 0.3) is 10.9 Å². The number of H-pyrrole nitrogens is 1. The summed E-state index contributed by atoms with van der Waals surface area (Å²) in [5.41, 5.74) is 7.37. The lowest BCUT2D eigenvalue weighted by Crippen LogP contribution is -2.23. The lowest BCUT2D eigenvalue weighted by atomic mass is 10.2. The zero-order chi connectivity index (χ0) is 14.9. The highest BCUT2D eigenvalue weighted by Gasteiger charge is 2.19. The number of nitrogens with one attached hydrogen (secondary N) is 2. The molecule has 0 atom stereocenters. The highest BCUT2D eigenvalue weighted by atomic mass is 32.2. The molecular weight excluding hydrogens is 290 g/mol. The van der Waals surface area contributed by atoms with E-state index in [1.165, 1.54) is 18.6 Å². The summed E-state index contributed by atoms with van der Waals surface area (Å²) in [5.74, 6) is 0. The summed E-state index contributed by atoms with van der Waals surface area (Å²) in [4.78, 5) is 10.9. The summed E-state index contributed by atoms with van der Waals surface area (Å²) in [6.07, 6.45) is 4.58. The lowest BCUT2D eigenvalue weighted by molar-refractivity contribution is 0.581. The van der Waals surface area contributed by atoms with Gasteiger partial charge in [0, 0.05) is 29.2 Å². The zero-order valence-corrected chi connectivity index (χ0v) is 11.8. The summed E-state index contributed by atoms with van der Waals surface area (Å²) in [6.45, 7) is 0.126. The van der Waals surface area contributed by atoms with Crippen molar-refractivity contribution in [1.29, 1.82) is 0 Å². The van der Waals surface area contributed by atoms with Crippen molar-refractivity contribution in [2.45, 2.75) is 11.4 Å². The molecule has 0 fully saturated rings. The molecule has 0 aliphatic carbocycles. The summed E-state index contributed by atoms with van der Waals surface area (Å²) >= 11 is 0. The number of benzene rings is 1. The molecule has 21 heavy (non-hydrogen) atoms. The molecule has 3 rings (SSSR count). The first kappa shape index (κ1) is 13.5. The van der Waals surface area contributed by atoms with Gasteiger partial charge in [0.05, 0.1) is 18.4 Å². The maximum atomic E-state index is 12.4. The fourth-order valence-electron chi connectivity index (χ4n) is 2.02. The van der Waals surface area contributed by atoms with Gasteiger partial charge in [-0.1, -0.05) is 0 Å². The number of sulfonamides is 1. The fourth-order valence-corrected chi connectivity index (χ4v) is 3.18. The van der Waals surface area contributed by atoms with E-state index in [4.69, 9.17) is 5.73 Å². The third-order valence-electron chi connectivity index (χ3n) is 3.06. The van der Waals surface area contributed by atoms with Crippen LogP contribution in [0, 0.1) is 0 Å². The lowest BCUT2D eigenvalue weighted by Gasteiger charge is -2.09. The Kier molecular flexibility index (Phi) is 3.32. The average molecular weight is 303 g/mol. The van der Waals surface area contributed by atoms with Crippen molar-refractivity contribution in [1.82, 2.24) is 19.7 Å². The quantitative estimate of drug-likeness (QED) is 0.623. The minimum Gasteiger partial charge on any atom is -0.398 e. The highest BCUT2D eigenvalue weighted by Crippen LogP contribution is 2.25. The van der Waals surface area contributed by atoms with E-state index in [1.807, 2.05) is 0 Å². The Morgan fingerprint density at radius 2 is 2.14 bits per heavy atom. The van der Waals surface area contributed by atoms with E-state index in [0.717, 1.165) is 0 Å². The van der Waals surface area contributed by atoms with E-state index in [-0.39, 0.29) is 11.4 Å². The smallest absolute Gasteiger partial charge is 0.243 e. The summed E-state index contributed by atoms with van der Waals surface area (Å²) < 4.78 is 27.4. The molecular formula is C13H13N5O2S. The van der Waals surface area contributed by atoms with Gasteiger partial charge in [-0.05, 0) is 24.3 Å². The molecule has 1 aromatic carbocycles. The van der Waals surface area contributed by atoms with Crippen molar-refractivity contribution < 1.29 is 8.42 Å². The standard InChI is InChI=1S/C13H13N5O2S/c14-11-3-4-12(13-10(11)2-1-5-16-13)21(19,20)18-7-9-6-15-8-17-9/h1-6,8,18H,7,14H2,(H,15,17). The van der Waals surface area contributed by atoms with E-state index < -0.39 is 10.0 Å². The van der Waals surface area contributed by atoms with Gasteiger partial charge >= 0.3 is 0 Å². The second kappa shape index (κ2) is 5.15. The number of rotatable bonds is 4.